The largest absolute Gasteiger partial charge is 0.356 e. The summed E-state index contributed by atoms with van der Waals surface area (Å²) in [5.74, 6) is -0.186. The Hall–Kier alpha value is -2.24. The smallest absolute Gasteiger partial charge is 0.219 e. The molecule has 0 saturated heterocycles. The van der Waals surface area contributed by atoms with E-state index < -0.39 is 10.8 Å². The Kier molecular flexibility index (Phi) is 12.5. The fourth-order valence-corrected chi connectivity index (χ4v) is 4.25. The molecule has 1 aliphatic rings. The van der Waals surface area contributed by atoms with Crippen LogP contribution in [0.25, 0.3) is 0 Å². The van der Waals surface area contributed by atoms with Crippen molar-refractivity contribution in [1.82, 2.24) is 10.6 Å². The molecule has 1 aliphatic carbocycles. The zero-order chi connectivity index (χ0) is 25.8. The summed E-state index contributed by atoms with van der Waals surface area (Å²) in [4.78, 5) is 49.9. The second kappa shape index (κ2) is 14.2. The maximum atomic E-state index is 13.0. The minimum Gasteiger partial charge on any atom is -0.356 e. The molecule has 1 rings (SSSR count). The number of carbonyl (C=O) groups is 4. The Morgan fingerprint density at radius 3 is 1.35 bits per heavy atom. The molecule has 6 nitrogen and oxygen atoms in total. The molecule has 0 aromatic heterocycles. The van der Waals surface area contributed by atoms with Gasteiger partial charge in [-0.2, -0.15) is 0 Å². The highest BCUT2D eigenvalue weighted by molar-refractivity contribution is 6.20. The number of hydrogen-bond donors (Lipinski definition) is 2. The van der Waals surface area contributed by atoms with Gasteiger partial charge < -0.3 is 10.6 Å². The van der Waals surface area contributed by atoms with Crippen LogP contribution < -0.4 is 10.6 Å². The number of ketones is 2. The minimum absolute atomic E-state index is 0.0345. The van der Waals surface area contributed by atoms with Gasteiger partial charge in [-0.1, -0.05) is 54.4 Å². The summed E-state index contributed by atoms with van der Waals surface area (Å²) >= 11 is 0. The maximum Gasteiger partial charge on any atom is 0.219 e. The van der Waals surface area contributed by atoms with Crippen LogP contribution in [0.5, 0.6) is 0 Å². The van der Waals surface area contributed by atoms with Crippen molar-refractivity contribution in [3.05, 3.63) is 23.3 Å². The van der Waals surface area contributed by atoms with E-state index in [1.54, 1.807) is 0 Å². The fraction of sp³-hybridized carbons (Fsp3) is 0.714. The van der Waals surface area contributed by atoms with Gasteiger partial charge in [0, 0.05) is 37.1 Å². The molecular weight excluding hydrogens is 428 g/mol. The molecular formula is C28H46N2O4. The monoisotopic (exact) mass is 474 g/mol. The van der Waals surface area contributed by atoms with Crippen molar-refractivity contribution in [3.8, 4) is 0 Å². The second-order valence-electron chi connectivity index (χ2n) is 10.7. The molecule has 0 heterocycles. The van der Waals surface area contributed by atoms with Crippen molar-refractivity contribution in [2.45, 2.75) is 106 Å². The molecule has 0 aromatic carbocycles. The SMILES string of the molecule is CCCCNC(=O)CCCC(C)(C)C1=CC(=O)C(C(C)(C)CCCC(=O)NCCCC)=CC1=O. The van der Waals surface area contributed by atoms with Crippen LogP contribution in [-0.4, -0.2) is 36.5 Å². The Bertz CT molecular complexity index is 724. The first-order chi connectivity index (χ1) is 15.9. The number of nitrogens with one attached hydrogen (secondary N) is 2. The summed E-state index contributed by atoms with van der Waals surface area (Å²) in [6.07, 6.45) is 10.5. The van der Waals surface area contributed by atoms with Gasteiger partial charge in [0.15, 0.2) is 11.6 Å². The van der Waals surface area contributed by atoms with Crippen LogP contribution in [0.2, 0.25) is 0 Å². The van der Waals surface area contributed by atoms with Gasteiger partial charge >= 0.3 is 0 Å². The number of carbonyl (C=O) groups excluding carboxylic acids is 4. The molecule has 6 heteroatoms. The lowest BCUT2D eigenvalue weighted by Gasteiger charge is -2.32. The van der Waals surface area contributed by atoms with Crippen LogP contribution in [0.4, 0.5) is 0 Å². The van der Waals surface area contributed by atoms with Gasteiger partial charge in [0.2, 0.25) is 11.8 Å². The Morgan fingerprint density at radius 1 is 0.676 bits per heavy atom. The molecule has 2 N–H and O–H groups in total. The highest BCUT2D eigenvalue weighted by atomic mass is 16.2. The molecule has 0 spiro atoms. The Morgan fingerprint density at radius 2 is 1.03 bits per heavy atom. The fourth-order valence-electron chi connectivity index (χ4n) is 4.25. The second-order valence-corrected chi connectivity index (χ2v) is 10.7. The van der Waals surface area contributed by atoms with Crippen LogP contribution in [0.3, 0.4) is 0 Å². The van der Waals surface area contributed by atoms with Gasteiger partial charge in [0.25, 0.3) is 0 Å². The van der Waals surface area contributed by atoms with Crippen molar-refractivity contribution in [2.75, 3.05) is 13.1 Å². The third kappa shape index (κ3) is 9.94. The van der Waals surface area contributed by atoms with E-state index in [9.17, 15) is 19.2 Å². The lowest BCUT2D eigenvalue weighted by atomic mass is 9.70. The average molecular weight is 475 g/mol. The molecule has 0 aromatic rings. The molecule has 0 fully saturated rings. The van der Waals surface area contributed by atoms with Crippen molar-refractivity contribution >= 4 is 23.4 Å². The number of unbranched alkanes of at least 4 members (excludes halogenated alkanes) is 2. The quantitative estimate of drug-likeness (QED) is 0.237. The average Bonchev–Trinajstić information content (AvgIpc) is 2.75. The summed E-state index contributed by atoms with van der Waals surface area (Å²) in [7, 11) is 0. The summed E-state index contributed by atoms with van der Waals surface area (Å²) in [6.45, 7) is 13.4. The number of amides is 2. The van der Waals surface area contributed by atoms with Crippen molar-refractivity contribution in [2.24, 2.45) is 10.8 Å². The lowest BCUT2D eigenvalue weighted by Crippen LogP contribution is -2.30. The topological polar surface area (TPSA) is 92.3 Å². The number of rotatable bonds is 16. The number of hydrogen-bond acceptors (Lipinski definition) is 4. The number of allylic oxidation sites excluding steroid dienone is 4. The molecule has 0 saturated carbocycles. The third-order valence-corrected chi connectivity index (χ3v) is 6.66. The first kappa shape index (κ1) is 29.8. The first-order valence-corrected chi connectivity index (χ1v) is 13.0. The van der Waals surface area contributed by atoms with E-state index >= 15 is 0 Å². The van der Waals surface area contributed by atoms with E-state index in [-0.39, 0.29) is 23.4 Å². The summed E-state index contributed by atoms with van der Waals surface area (Å²) in [5, 5.41) is 5.83. The molecule has 2 amide bonds. The predicted octanol–water partition coefficient (Wildman–Crippen LogP) is 5.22. The molecule has 34 heavy (non-hydrogen) atoms. The van der Waals surface area contributed by atoms with Crippen molar-refractivity contribution in [1.29, 1.82) is 0 Å². The van der Waals surface area contributed by atoms with Gasteiger partial charge in [-0.15, -0.1) is 0 Å². The van der Waals surface area contributed by atoms with Crippen LogP contribution in [0.15, 0.2) is 23.3 Å². The highest BCUT2D eigenvalue weighted by Crippen LogP contribution is 2.40. The zero-order valence-electron chi connectivity index (χ0n) is 22.3. The van der Waals surface area contributed by atoms with E-state index in [4.69, 9.17) is 0 Å². The summed E-state index contributed by atoms with van der Waals surface area (Å²) in [5.41, 5.74) is 0.0516. The van der Waals surface area contributed by atoms with Gasteiger partial charge in [-0.3, -0.25) is 19.2 Å². The molecule has 0 radical (unpaired) electrons. The van der Waals surface area contributed by atoms with Gasteiger partial charge in [-0.05, 0) is 61.5 Å². The van der Waals surface area contributed by atoms with Gasteiger partial charge in [0.1, 0.15) is 0 Å². The molecule has 0 bridgehead atoms. The van der Waals surface area contributed by atoms with Crippen LogP contribution in [-0.2, 0) is 19.2 Å². The van der Waals surface area contributed by atoms with Crippen LogP contribution in [0.1, 0.15) is 106 Å². The standard InChI is InChI=1S/C28H46N2O4/c1-7-9-17-29-25(33)13-11-15-27(3,4)21-19-24(32)22(20-23(21)31)28(5,6)16-12-14-26(34)30-18-10-8-2/h19-20H,7-18H2,1-6H3,(H,29,33)(H,30,34). The molecule has 0 atom stereocenters. The lowest BCUT2D eigenvalue weighted by molar-refractivity contribution is -0.122. The normalized spacial score (nSPS) is 14.5. The predicted molar refractivity (Wildman–Crippen MR) is 137 cm³/mol. The minimum atomic E-state index is -0.487. The van der Waals surface area contributed by atoms with Gasteiger partial charge in [0.05, 0.1) is 0 Å². The highest BCUT2D eigenvalue weighted by Gasteiger charge is 2.36. The molecule has 0 aliphatic heterocycles. The Labute approximate surface area is 206 Å². The van der Waals surface area contributed by atoms with Crippen molar-refractivity contribution < 1.29 is 19.2 Å². The Balaban J connectivity index is 2.65. The third-order valence-electron chi connectivity index (χ3n) is 6.66. The van der Waals surface area contributed by atoms with Gasteiger partial charge in [-0.25, -0.2) is 0 Å². The van der Waals surface area contributed by atoms with E-state index in [1.165, 1.54) is 12.2 Å². The van der Waals surface area contributed by atoms with E-state index in [0.29, 0.717) is 62.8 Å². The van der Waals surface area contributed by atoms with Crippen LogP contribution in [0, 0.1) is 10.8 Å². The molecule has 0 unspecified atom stereocenters. The van der Waals surface area contributed by atoms with E-state index in [2.05, 4.69) is 24.5 Å². The van der Waals surface area contributed by atoms with Crippen molar-refractivity contribution in [3.63, 3.8) is 0 Å². The first-order valence-electron chi connectivity index (χ1n) is 13.0. The van der Waals surface area contributed by atoms with Crippen LogP contribution >= 0.6 is 0 Å². The van der Waals surface area contributed by atoms with E-state index in [1.807, 2.05) is 27.7 Å². The maximum absolute atomic E-state index is 13.0. The molecule has 192 valence electrons. The zero-order valence-corrected chi connectivity index (χ0v) is 22.3. The summed E-state index contributed by atoms with van der Waals surface area (Å²) in [6, 6.07) is 0. The van der Waals surface area contributed by atoms with E-state index in [0.717, 1.165) is 25.7 Å². The summed E-state index contributed by atoms with van der Waals surface area (Å²) < 4.78 is 0.